The minimum absolute atomic E-state index is 0.0914. The molecule has 0 bridgehead atoms. The van der Waals surface area contributed by atoms with Gasteiger partial charge in [-0.2, -0.15) is 8.78 Å². The zero-order valence-corrected chi connectivity index (χ0v) is 11.3. The Hall–Kier alpha value is -1.79. The summed E-state index contributed by atoms with van der Waals surface area (Å²) in [5.74, 6) is -8.07. The van der Waals surface area contributed by atoms with Gasteiger partial charge in [0.05, 0.1) is 0 Å². The summed E-state index contributed by atoms with van der Waals surface area (Å²) in [6.07, 6.45) is 3.73. The molecule has 7 heteroatoms. The van der Waals surface area contributed by atoms with E-state index in [0.717, 1.165) is 25.7 Å². The second kappa shape index (κ2) is 6.78. The molecule has 0 unspecified atom stereocenters. The fourth-order valence-corrected chi connectivity index (χ4v) is 2.22. The Kier molecular flexibility index (Phi) is 5.03. The van der Waals surface area contributed by atoms with Crippen LogP contribution in [0.15, 0.2) is 6.07 Å². The highest BCUT2D eigenvalue weighted by Gasteiger charge is 2.23. The molecule has 1 amide bonds. The molecule has 0 radical (unpaired) electrons. The summed E-state index contributed by atoms with van der Waals surface area (Å²) < 4.78 is 57.4. The first-order valence-electron chi connectivity index (χ1n) is 6.74. The second-order valence-electron chi connectivity index (χ2n) is 4.88. The van der Waals surface area contributed by atoms with Crippen LogP contribution in [0.1, 0.15) is 25.7 Å². The van der Waals surface area contributed by atoms with Gasteiger partial charge in [0.1, 0.15) is 0 Å². The van der Waals surface area contributed by atoms with E-state index < -0.39 is 41.5 Å². The lowest BCUT2D eigenvalue weighted by Gasteiger charge is -2.20. The Balaban J connectivity index is 2.04. The van der Waals surface area contributed by atoms with E-state index >= 15 is 0 Å². The first-order chi connectivity index (χ1) is 10.0. The number of amides is 1. The number of hydrogen-bond acceptors (Lipinski definition) is 2. The minimum atomic E-state index is -1.64. The SMILES string of the molecule is O=C(COc1c(F)c(F)cc(F)c1F)N1CCCCCC1. The number of carbonyl (C=O) groups is 1. The van der Waals surface area contributed by atoms with Crippen molar-refractivity contribution in [1.29, 1.82) is 0 Å². The molecule has 1 aromatic rings. The monoisotopic (exact) mass is 305 g/mol. The number of nitrogens with zero attached hydrogens (tertiary/aromatic N) is 1. The third kappa shape index (κ3) is 3.65. The highest BCUT2D eigenvalue weighted by Crippen LogP contribution is 2.26. The van der Waals surface area contributed by atoms with Crippen molar-refractivity contribution in [3.05, 3.63) is 29.3 Å². The van der Waals surface area contributed by atoms with Crippen molar-refractivity contribution < 1.29 is 27.1 Å². The summed E-state index contributed by atoms with van der Waals surface area (Å²) in [5.41, 5.74) is 0. The second-order valence-corrected chi connectivity index (χ2v) is 4.88. The van der Waals surface area contributed by atoms with Gasteiger partial charge in [-0.15, -0.1) is 0 Å². The molecule has 1 aliphatic heterocycles. The Morgan fingerprint density at radius 2 is 1.52 bits per heavy atom. The van der Waals surface area contributed by atoms with Crippen molar-refractivity contribution in [3.63, 3.8) is 0 Å². The Bertz CT molecular complexity index is 502. The average molecular weight is 305 g/mol. The van der Waals surface area contributed by atoms with Crippen molar-refractivity contribution >= 4 is 5.91 Å². The molecule has 0 aromatic heterocycles. The fraction of sp³-hybridized carbons (Fsp3) is 0.500. The number of halogens is 4. The largest absolute Gasteiger partial charge is 0.477 e. The molecule has 1 aliphatic rings. The third-order valence-corrected chi connectivity index (χ3v) is 3.37. The van der Waals surface area contributed by atoms with Gasteiger partial charge in [0.25, 0.3) is 5.91 Å². The molecule has 0 spiro atoms. The molecule has 0 aliphatic carbocycles. The fourth-order valence-electron chi connectivity index (χ4n) is 2.22. The van der Waals surface area contributed by atoms with Gasteiger partial charge in [0.15, 0.2) is 24.0 Å². The van der Waals surface area contributed by atoms with Crippen molar-refractivity contribution in [2.24, 2.45) is 0 Å². The van der Waals surface area contributed by atoms with Crippen LogP contribution in [0, 0.1) is 23.3 Å². The van der Waals surface area contributed by atoms with Crippen LogP contribution in [0.2, 0.25) is 0 Å². The molecule has 3 nitrogen and oxygen atoms in total. The normalized spacial score (nSPS) is 15.7. The zero-order valence-electron chi connectivity index (χ0n) is 11.3. The van der Waals surface area contributed by atoms with Gasteiger partial charge in [0, 0.05) is 19.2 Å². The molecule has 0 atom stereocenters. The van der Waals surface area contributed by atoms with Crippen LogP contribution in [0.3, 0.4) is 0 Å². The molecular formula is C14H15F4NO2. The van der Waals surface area contributed by atoms with Gasteiger partial charge in [-0.1, -0.05) is 12.8 Å². The van der Waals surface area contributed by atoms with Crippen LogP contribution in [-0.2, 0) is 4.79 Å². The van der Waals surface area contributed by atoms with Crippen molar-refractivity contribution in [2.75, 3.05) is 19.7 Å². The molecule has 21 heavy (non-hydrogen) atoms. The molecule has 116 valence electrons. The lowest BCUT2D eigenvalue weighted by Crippen LogP contribution is -2.35. The Morgan fingerprint density at radius 3 is 2.05 bits per heavy atom. The first-order valence-corrected chi connectivity index (χ1v) is 6.74. The van der Waals surface area contributed by atoms with Crippen LogP contribution >= 0.6 is 0 Å². The summed E-state index contributed by atoms with van der Waals surface area (Å²) >= 11 is 0. The standard InChI is InChI=1S/C14H15F4NO2/c15-9-7-10(16)13(18)14(12(9)17)21-8-11(20)19-5-3-1-2-4-6-19/h7H,1-6,8H2. The molecule has 1 heterocycles. The van der Waals surface area contributed by atoms with E-state index in [0.29, 0.717) is 13.1 Å². The number of rotatable bonds is 3. The van der Waals surface area contributed by atoms with E-state index in [2.05, 4.69) is 4.74 Å². The van der Waals surface area contributed by atoms with Crippen LogP contribution in [0.5, 0.6) is 5.75 Å². The lowest BCUT2D eigenvalue weighted by atomic mass is 10.2. The van der Waals surface area contributed by atoms with Gasteiger partial charge in [0.2, 0.25) is 11.6 Å². The summed E-state index contributed by atoms with van der Waals surface area (Å²) in [5, 5.41) is 0. The molecule has 0 saturated carbocycles. The highest BCUT2D eigenvalue weighted by atomic mass is 19.2. The molecular weight excluding hydrogens is 290 g/mol. The highest BCUT2D eigenvalue weighted by molar-refractivity contribution is 5.77. The van der Waals surface area contributed by atoms with E-state index in [1.54, 1.807) is 0 Å². The quantitative estimate of drug-likeness (QED) is 0.634. The topological polar surface area (TPSA) is 29.5 Å². The van der Waals surface area contributed by atoms with Crippen molar-refractivity contribution in [2.45, 2.75) is 25.7 Å². The molecule has 1 saturated heterocycles. The van der Waals surface area contributed by atoms with Gasteiger partial charge >= 0.3 is 0 Å². The van der Waals surface area contributed by atoms with Crippen LogP contribution in [-0.4, -0.2) is 30.5 Å². The summed E-state index contributed by atoms with van der Waals surface area (Å²) in [6.45, 7) is 0.437. The lowest BCUT2D eigenvalue weighted by molar-refractivity contribution is -0.133. The minimum Gasteiger partial charge on any atom is -0.477 e. The van der Waals surface area contributed by atoms with Gasteiger partial charge in [-0.05, 0) is 12.8 Å². The Labute approximate surface area is 119 Å². The number of hydrogen-bond donors (Lipinski definition) is 0. The van der Waals surface area contributed by atoms with E-state index in [1.807, 2.05) is 0 Å². The molecule has 0 N–H and O–H groups in total. The number of benzene rings is 1. The van der Waals surface area contributed by atoms with Gasteiger partial charge in [-0.3, -0.25) is 4.79 Å². The molecule has 1 aromatic carbocycles. The number of ether oxygens (including phenoxy) is 1. The van der Waals surface area contributed by atoms with Gasteiger partial charge in [-0.25, -0.2) is 8.78 Å². The van der Waals surface area contributed by atoms with Crippen LogP contribution in [0.4, 0.5) is 17.6 Å². The third-order valence-electron chi connectivity index (χ3n) is 3.37. The smallest absolute Gasteiger partial charge is 0.260 e. The maximum atomic E-state index is 13.4. The summed E-state index contributed by atoms with van der Waals surface area (Å²) in [6, 6.07) is 0.0914. The van der Waals surface area contributed by atoms with Crippen LogP contribution in [0.25, 0.3) is 0 Å². The van der Waals surface area contributed by atoms with Crippen molar-refractivity contribution in [3.8, 4) is 5.75 Å². The number of carbonyl (C=O) groups excluding carboxylic acids is 1. The van der Waals surface area contributed by atoms with Gasteiger partial charge < -0.3 is 9.64 Å². The van der Waals surface area contributed by atoms with Crippen LogP contribution < -0.4 is 4.74 Å². The maximum absolute atomic E-state index is 13.4. The maximum Gasteiger partial charge on any atom is 0.260 e. The van der Waals surface area contributed by atoms with Crippen molar-refractivity contribution in [1.82, 2.24) is 4.90 Å². The Morgan fingerprint density at radius 1 is 1.00 bits per heavy atom. The van der Waals surface area contributed by atoms with E-state index in [1.165, 1.54) is 4.90 Å². The van der Waals surface area contributed by atoms with E-state index in [4.69, 9.17) is 0 Å². The summed E-state index contributed by atoms with van der Waals surface area (Å²) in [4.78, 5) is 13.4. The molecule has 2 rings (SSSR count). The summed E-state index contributed by atoms with van der Waals surface area (Å²) in [7, 11) is 0. The van der Waals surface area contributed by atoms with E-state index in [-0.39, 0.29) is 6.07 Å². The predicted molar refractivity (Wildman–Crippen MR) is 66.8 cm³/mol. The zero-order chi connectivity index (χ0) is 15.4. The van der Waals surface area contributed by atoms with E-state index in [9.17, 15) is 22.4 Å². The first kappa shape index (κ1) is 15.6. The average Bonchev–Trinajstić information content (AvgIpc) is 2.74. The molecule has 1 fully saturated rings. The number of likely N-dealkylation sites (tertiary alicyclic amines) is 1. The predicted octanol–water partition coefficient (Wildman–Crippen LogP) is 3.02.